The van der Waals surface area contributed by atoms with Crippen LogP contribution >= 0.6 is 12.4 Å². The van der Waals surface area contributed by atoms with E-state index in [9.17, 15) is 19.5 Å². The Kier molecular flexibility index (Phi) is 16.7. The normalized spacial score (nSPS) is 13.2. The summed E-state index contributed by atoms with van der Waals surface area (Å²) in [4.78, 5) is 34.3. The Balaban J connectivity index is 0.000000353. The molecule has 1 amide bonds. The Morgan fingerprint density at radius 1 is 0.640 bits per heavy atom. The highest BCUT2D eigenvalue weighted by atomic mass is 35.5. The molecule has 5 N–H and O–H groups in total. The van der Waals surface area contributed by atoms with E-state index in [4.69, 9.17) is 15.6 Å². The van der Waals surface area contributed by atoms with Crippen LogP contribution in [0, 0.1) is 11.8 Å². The van der Waals surface area contributed by atoms with Gasteiger partial charge in [0.1, 0.15) is 5.60 Å². The standard InChI is InChI=1S/C23H29NO4.C18H21NO2.ClH/c1-16(21(25)26)14-20(24-22(27)28-23(2,3)4)15-17-10-12-19(13-11-17)18-8-6-5-7-9-18;1-13(18(20)21)11-17(19)12-14-7-9-16(10-8-14)15-5-3-2-4-6-15;/h5-13,16,20H,14-15H2,1-4H3,(H,24,27)(H,25,26);2-10,13,17H,11-12,19H2,1H3,(H,20,21);1H/t16-,20?;13-,17+;/m11./s1. The first-order valence-electron chi connectivity index (χ1n) is 16.7. The van der Waals surface area contributed by atoms with Crippen molar-refractivity contribution in [2.45, 2.75) is 78.0 Å². The second kappa shape index (κ2) is 20.1. The van der Waals surface area contributed by atoms with Crippen LogP contribution in [0.5, 0.6) is 0 Å². The quantitative estimate of drug-likeness (QED) is 0.109. The van der Waals surface area contributed by atoms with Gasteiger partial charge >= 0.3 is 18.0 Å². The van der Waals surface area contributed by atoms with Crippen LogP contribution in [0.1, 0.15) is 58.6 Å². The lowest BCUT2D eigenvalue weighted by atomic mass is 9.95. The number of halogens is 1. The van der Waals surface area contributed by atoms with E-state index in [-0.39, 0.29) is 24.5 Å². The van der Waals surface area contributed by atoms with E-state index in [0.717, 1.165) is 22.3 Å². The molecule has 0 spiro atoms. The SMILES string of the molecule is C[C@H](CC(Cc1ccc(-c2ccccc2)cc1)NC(=O)OC(C)(C)C)C(=O)O.C[C@H](C[C@H](N)Cc1ccc(-c2ccccc2)cc1)C(=O)O.Cl. The highest BCUT2D eigenvalue weighted by Gasteiger charge is 2.23. The predicted molar refractivity (Wildman–Crippen MR) is 202 cm³/mol. The van der Waals surface area contributed by atoms with Crippen LogP contribution in [0.3, 0.4) is 0 Å². The molecule has 4 aromatic carbocycles. The average molecular weight is 703 g/mol. The van der Waals surface area contributed by atoms with Gasteiger partial charge in [0.25, 0.3) is 0 Å². The Hall–Kier alpha value is -4.66. The molecular weight excluding hydrogens is 652 g/mol. The molecule has 0 saturated heterocycles. The molecule has 0 aliphatic carbocycles. The van der Waals surface area contributed by atoms with Crippen LogP contribution in [-0.2, 0) is 27.2 Å². The highest BCUT2D eigenvalue weighted by Crippen LogP contribution is 2.22. The number of carboxylic acid groups (broad SMARTS) is 2. The lowest BCUT2D eigenvalue weighted by Gasteiger charge is -2.24. The number of rotatable bonds is 13. The zero-order valence-electron chi connectivity index (χ0n) is 29.5. The largest absolute Gasteiger partial charge is 0.481 e. The van der Waals surface area contributed by atoms with Gasteiger partial charge in [-0.2, -0.15) is 0 Å². The molecule has 1 unspecified atom stereocenters. The van der Waals surface area contributed by atoms with Gasteiger partial charge in [0, 0.05) is 12.1 Å². The molecule has 0 radical (unpaired) electrons. The smallest absolute Gasteiger partial charge is 0.407 e. The third-order valence-corrected chi connectivity index (χ3v) is 7.96. The maximum absolute atomic E-state index is 12.2. The van der Waals surface area contributed by atoms with Crippen molar-refractivity contribution in [3.05, 3.63) is 120 Å². The molecule has 4 atom stereocenters. The number of nitrogens with two attached hydrogens (primary N) is 1. The van der Waals surface area contributed by atoms with E-state index < -0.39 is 35.5 Å². The zero-order chi connectivity index (χ0) is 36.0. The van der Waals surface area contributed by atoms with Crippen LogP contribution in [-0.4, -0.2) is 45.9 Å². The minimum absolute atomic E-state index is 0. The summed E-state index contributed by atoms with van der Waals surface area (Å²) in [5, 5.41) is 21.0. The number of carbonyl (C=O) groups excluding carboxylic acids is 1. The number of alkyl carbamates (subject to hydrolysis) is 1. The van der Waals surface area contributed by atoms with Gasteiger partial charge in [-0.05, 0) is 79.8 Å². The maximum atomic E-state index is 12.2. The van der Waals surface area contributed by atoms with Gasteiger partial charge in [0.05, 0.1) is 11.8 Å². The maximum Gasteiger partial charge on any atom is 0.407 e. The lowest BCUT2D eigenvalue weighted by Crippen LogP contribution is -2.41. The molecule has 0 saturated carbocycles. The summed E-state index contributed by atoms with van der Waals surface area (Å²) in [7, 11) is 0. The molecule has 0 aromatic heterocycles. The summed E-state index contributed by atoms with van der Waals surface area (Å²) in [6.45, 7) is 8.72. The lowest BCUT2D eigenvalue weighted by molar-refractivity contribution is -0.142. The second-order valence-electron chi connectivity index (χ2n) is 13.6. The van der Waals surface area contributed by atoms with Crippen LogP contribution in [0.25, 0.3) is 22.3 Å². The first-order chi connectivity index (χ1) is 23.2. The number of nitrogens with one attached hydrogen (secondary N) is 1. The number of carbonyl (C=O) groups is 3. The van der Waals surface area contributed by atoms with E-state index >= 15 is 0 Å². The summed E-state index contributed by atoms with van der Waals surface area (Å²) < 4.78 is 5.33. The van der Waals surface area contributed by atoms with Gasteiger partial charge in [-0.15, -0.1) is 12.4 Å². The Morgan fingerprint density at radius 2 is 1.02 bits per heavy atom. The number of hydrogen-bond acceptors (Lipinski definition) is 5. The van der Waals surface area contributed by atoms with E-state index in [2.05, 4.69) is 53.8 Å². The zero-order valence-corrected chi connectivity index (χ0v) is 30.4. The summed E-state index contributed by atoms with van der Waals surface area (Å²) in [6.07, 6.45) is 1.53. The molecule has 50 heavy (non-hydrogen) atoms. The molecule has 0 aliphatic rings. The number of hydrogen-bond donors (Lipinski definition) is 4. The Morgan fingerprint density at radius 3 is 1.42 bits per heavy atom. The molecule has 4 rings (SSSR count). The molecule has 0 bridgehead atoms. The molecule has 9 heteroatoms. The summed E-state index contributed by atoms with van der Waals surface area (Å²) in [5.41, 5.74) is 12.2. The van der Waals surface area contributed by atoms with Gasteiger partial charge in [0.15, 0.2) is 0 Å². The minimum atomic E-state index is -0.879. The van der Waals surface area contributed by atoms with Crippen molar-refractivity contribution >= 4 is 30.4 Å². The van der Waals surface area contributed by atoms with Crippen molar-refractivity contribution in [3.63, 3.8) is 0 Å². The summed E-state index contributed by atoms with van der Waals surface area (Å²) in [6, 6.07) is 36.2. The fraction of sp³-hybridized carbons (Fsp3) is 0.341. The topological polar surface area (TPSA) is 139 Å². The first kappa shape index (κ1) is 41.5. The fourth-order valence-corrected chi connectivity index (χ4v) is 5.35. The summed E-state index contributed by atoms with van der Waals surface area (Å²) >= 11 is 0. The van der Waals surface area contributed by atoms with Crippen molar-refractivity contribution in [1.82, 2.24) is 5.32 Å². The average Bonchev–Trinajstić information content (AvgIpc) is 3.05. The van der Waals surface area contributed by atoms with Crippen LogP contribution in [0.15, 0.2) is 109 Å². The second-order valence-corrected chi connectivity index (χ2v) is 13.6. The van der Waals surface area contributed by atoms with Crippen molar-refractivity contribution in [2.75, 3.05) is 0 Å². The molecule has 8 nitrogen and oxygen atoms in total. The van der Waals surface area contributed by atoms with Crippen LogP contribution < -0.4 is 11.1 Å². The number of amides is 1. The van der Waals surface area contributed by atoms with Gasteiger partial charge in [-0.1, -0.05) is 123 Å². The van der Waals surface area contributed by atoms with Crippen molar-refractivity contribution in [1.29, 1.82) is 0 Å². The molecule has 0 heterocycles. The Bertz CT molecular complexity index is 1610. The van der Waals surface area contributed by atoms with Crippen LogP contribution in [0.4, 0.5) is 4.79 Å². The first-order valence-corrected chi connectivity index (χ1v) is 16.7. The number of benzene rings is 4. The van der Waals surface area contributed by atoms with Gasteiger partial charge < -0.3 is 26.0 Å². The fourth-order valence-electron chi connectivity index (χ4n) is 5.35. The van der Waals surface area contributed by atoms with Gasteiger partial charge in [-0.25, -0.2) is 4.79 Å². The summed E-state index contributed by atoms with van der Waals surface area (Å²) in [5.74, 6) is -2.63. The molecule has 0 fully saturated rings. The third-order valence-electron chi connectivity index (χ3n) is 7.96. The highest BCUT2D eigenvalue weighted by molar-refractivity contribution is 5.85. The molecular formula is C41H51ClN2O6. The molecule has 4 aromatic rings. The van der Waals surface area contributed by atoms with Gasteiger partial charge in [-0.3, -0.25) is 9.59 Å². The molecule has 0 aliphatic heterocycles. The minimum Gasteiger partial charge on any atom is -0.481 e. The predicted octanol–water partition coefficient (Wildman–Crippen LogP) is 8.66. The van der Waals surface area contributed by atoms with E-state index in [0.29, 0.717) is 25.7 Å². The van der Waals surface area contributed by atoms with E-state index in [1.165, 1.54) is 11.1 Å². The number of aliphatic carboxylic acids is 2. The van der Waals surface area contributed by atoms with Crippen molar-refractivity contribution in [3.8, 4) is 22.3 Å². The van der Waals surface area contributed by atoms with Gasteiger partial charge in [0.2, 0.25) is 0 Å². The Labute approximate surface area is 302 Å². The third kappa shape index (κ3) is 14.8. The number of carboxylic acids is 2. The van der Waals surface area contributed by atoms with E-state index in [1.54, 1.807) is 34.6 Å². The monoisotopic (exact) mass is 702 g/mol. The van der Waals surface area contributed by atoms with E-state index in [1.807, 2.05) is 60.7 Å². The van der Waals surface area contributed by atoms with Crippen molar-refractivity contribution in [2.24, 2.45) is 17.6 Å². The molecule has 268 valence electrons. The van der Waals surface area contributed by atoms with Crippen molar-refractivity contribution < 1.29 is 29.3 Å². The number of ether oxygens (including phenoxy) is 1. The van der Waals surface area contributed by atoms with Crippen LogP contribution in [0.2, 0.25) is 0 Å².